The Bertz CT molecular complexity index is 740. The molecule has 0 amide bonds. The van der Waals surface area contributed by atoms with Crippen LogP contribution in [0.5, 0.6) is 0 Å². The Labute approximate surface area is 150 Å². The SMILES string of the molecule is CC1=CC[C@H]2C34CC[C@]5(CC6(CCC5=CC3=CC[C@]12C)OCCO6)O4. The van der Waals surface area contributed by atoms with Gasteiger partial charge in [-0.1, -0.05) is 30.7 Å². The zero-order valence-corrected chi connectivity index (χ0v) is 15.4. The molecule has 1 saturated carbocycles. The van der Waals surface area contributed by atoms with Gasteiger partial charge in [0.2, 0.25) is 0 Å². The molecule has 6 aliphatic rings. The van der Waals surface area contributed by atoms with Crippen molar-refractivity contribution in [1.29, 1.82) is 0 Å². The van der Waals surface area contributed by atoms with Crippen LogP contribution in [0, 0.1) is 11.3 Å². The second kappa shape index (κ2) is 4.49. The highest BCUT2D eigenvalue weighted by molar-refractivity contribution is 5.49. The van der Waals surface area contributed by atoms with Crippen molar-refractivity contribution in [2.45, 2.75) is 75.8 Å². The third-order valence-corrected chi connectivity index (χ3v) is 8.46. The fourth-order valence-electron chi connectivity index (χ4n) is 6.91. The quantitative estimate of drug-likeness (QED) is 0.610. The van der Waals surface area contributed by atoms with Gasteiger partial charge in [0, 0.05) is 18.8 Å². The molecule has 3 aliphatic carbocycles. The molecule has 0 radical (unpaired) electrons. The second-order valence-corrected chi connectivity index (χ2v) is 9.40. The molecule has 4 atom stereocenters. The first-order chi connectivity index (χ1) is 12.0. The first-order valence-electron chi connectivity index (χ1n) is 10.1. The van der Waals surface area contributed by atoms with Gasteiger partial charge in [-0.05, 0) is 55.6 Å². The van der Waals surface area contributed by atoms with Gasteiger partial charge in [-0.2, -0.15) is 0 Å². The van der Waals surface area contributed by atoms with Crippen LogP contribution in [0.4, 0.5) is 0 Å². The molecule has 3 spiro atoms. The summed E-state index contributed by atoms with van der Waals surface area (Å²) in [5.74, 6) is 0.201. The van der Waals surface area contributed by atoms with E-state index in [4.69, 9.17) is 14.2 Å². The minimum absolute atomic E-state index is 0.0815. The Morgan fingerprint density at radius 3 is 2.76 bits per heavy atom. The summed E-state index contributed by atoms with van der Waals surface area (Å²) in [7, 11) is 0. The molecule has 0 aromatic carbocycles. The summed E-state index contributed by atoms with van der Waals surface area (Å²) in [6.45, 7) is 6.24. The lowest BCUT2D eigenvalue weighted by atomic mass is 9.59. The Morgan fingerprint density at radius 2 is 1.92 bits per heavy atom. The van der Waals surface area contributed by atoms with Gasteiger partial charge in [-0.25, -0.2) is 0 Å². The molecular weight excluding hydrogens is 312 g/mol. The van der Waals surface area contributed by atoms with Crippen molar-refractivity contribution in [2.75, 3.05) is 13.2 Å². The minimum Gasteiger partial charge on any atom is -0.359 e. The van der Waals surface area contributed by atoms with Crippen LogP contribution in [0.2, 0.25) is 0 Å². The first-order valence-corrected chi connectivity index (χ1v) is 10.1. The maximum absolute atomic E-state index is 7.16. The van der Waals surface area contributed by atoms with E-state index in [0.29, 0.717) is 5.92 Å². The molecule has 6 rings (SSSR count). The second-order valence-electron chi connectivity index (χ2n) is 9.40. The summed E-state index contributed by atoms with van der Waals surface area (Å²) in [5.41, 5.74) is 4.58. The lowest BCUT2D eigenvalue weighted by Gasteiger charge is -2.54. The molecule has 3 heterocycles. The third-order valence-electron chi connectivity index (χ3n) is 8.46. The lowest BCUT2D eigenvalue weighted by Crippen LogP contribution is -2.56. The molecule has 3 aliphatic heterocycles. The van der Waals surface area contributed by atoms with E-state index in [2.05, 4.69) is 32.1 Å². The van der Waals surface area contributed by atoms with Gasteiger partial charge in [-0.15, -0.1) is 0 Å². The predicted molar refractivity (Wildman–Crippen MR) is 95.0 cm³/mol. The molecule has 3 fully saturated rings. The largest absolute Gasteiger partial charge is 0.359 e. The predicted octanol–water partition coefficient (Wildman–Crippen LogP) is 4.44. The van der Waals surface area contributed by atoms with Crippen molar-refractivity contribution in [1.82, 2.24) is 0 Å². The van der Waals surface area contributed by atoms with Crippen LogP contribution in [0.1, 0.15) is 58.8 Å². The van der Waals surface area contributed by atoms with Crippen LogP contribution in [0.15, 0.2) is 34.9 Å². The fraction of sp³-hybridized carbons (Fsp3) is 0.727. The van der Waals surface area contributed by atoms with Gasteiger partial charge >= 0.3 is 0 Å². The summed E-state index contributed by atoms with van der Waals surface area (Å²) < 4.78 is 19.3. The van der Waals surface area contributed by atoms with E-state index in [0.717, 1.165) is 58.2 Å². The average molecular weight is 340 g/mol. The van der Waals surface area contributed by atoms with E-state index in [1.807, 2.05) is 0 Å². The molecule has 134 valence electrons. The number of allylic oxidation sites excluding steroid dienone is 3. The molecule has 0 aromatic heterocycles. The normalized spacial score (nSPS) is 49.2. The summed E-state index contributed by atoms with van der Waals surface area (Å²) in [4.78, 5) is 0. The van der Waals surface area contributed by atoms with Gasteiger partial charge in [0.15, 0.2) is 5.79 Å². The average Bonchev–Trinajstić information content (AvgIpc) is 3.25. The molecule has 2 saturated heterocycles. The zero-order chi connectivity index (χ0) is 16.9. The number of hydrogen-bond donors (Lipinski definition) is 0. The van der Waals surface area contributed by atoms with E-state index in [9.17, 15) is 0 Å². The molecule has 3 heteroatoms. The Morgan fingerprint density at radius 1 is 1.08 bits per heavy atom. The van der Waals surface area contributed by atoms with Crippen molar-refractivity contribution in [3.63, 3.8) is 0 Å². The van der Waals surface area contributed by atoms with Crippen LogP contribution >= 0.6 is 0 Å². The van der Waals surface area contributed by atoms with Gasteiger partial charge in [0.05, 0.1) is 24.4 Å². The maximum Gasteiger partial charge on any atom is 0.171 e. The molecule has 0 aromatic rings. The molecule has 0 N–H and O–H groups in total. The van der Waals surface area contributed by atoms with Crippen LogP contribution in [-0.4, -0.2) is 30.2 Å². The Hall–Kier alpha value is -0.900. The maximum atomic E-state index is 7.16. The van der Waals surface area contributed by atoms with Crippen molar-refractivity contribution in [2.24, 2.45) is 11.3 Å². The zero-order valence-electron chi connectivity index (χ0n) is 15.4. The van der Waals surface area contributed by atoms with Crippen LogP contribution < -0.4 is 0 Å². The molecular formula is C22H28O3. The number of rotatable bonds is 0. The summed E-state index contributed by atoms with van der Waals surface area (Å²) in [6, 6.07) is 0. The highest BCUT2D eigenvalue weighted by Crippen LogP contribution is 2.67. The molecule has 25 heavy (non-hydrogen) atoms. The lowest BCUT2D eigenvalue weighted by molar-refractivity contribution is -0.226. The highest BCUT2D eigenvalue weighted by atomic mass is 16.7. The topological polar surface area (TPSA) is 27.7 Å². The van der Waals surface area contributed by atoms with Crippen LogP contribution in [0.25, 0.3) is 0 Å². The number of fused-ring (bicyclic) bond motifs is 1. The summed E-state index contributed by atoms with van der Waals surface area (Å²) >= 11 is 0. The number of hydrogen-bond acceptors (Lipinski definition) is 3. The van der Waals surface area contributed by atoms with Gasteiger partial charge < -0.3 is 14.2 Å². The van der Waals surface area contributed by atoms with E-state index in [1.54, 1.807) is 5.57 Å². The van der Waals surface area contributed by atoms with E-state index in [1.165, 1.54) is 11.1 Å². The van der Waals surface area contributed by atoms with Gasteiger partial charge in [0.1, 0.15) is 0 Å². The Kier molecular flexibility index (Phi) is 2.73. The summed E-state index contributed by atoms with van der Waals surface area (Å²) in [6.07, 6.45) is 15.0. The van der Waals surface area contributed by atoms with Crippen molar-refractivity contribution in [3.8, 4) is 0 Å². The van der Waals surface area contributed by atoms with Crippen molar-refractivity contribution < 1.29 is 14.2 Å². The number of ether oxygens (including phenoxy) is 3. The van der Waals surface area contributed by atoms with Gasteiger partial charge in [-0.3, -0.25) is 0 Å². The van der Waals surface area contributed by atoms with Gasteiger partial charge in [0.25, 0.3) is 0 Å². The standard InChI is InChI=1S/C22H28O3/c1-15-3-4-18-19(15,2)7-5-17-13-16-6-8-21(23-11-12-24-21)14-20(16)9-10-22(17,18)25-20/h3,5,13,18H,4,6-12,14H2,1-2H3/t18-,19-,20-,22?/m1/s1. The monoisotopic (exact) mass is 340 g/mol. The van der Waals surface area contributed by atoms with Crippen LogP contribution in [0.3, 0.4) is 0 Å². The highest BCUT2D eigenvalue weighted by Gasteiger charge is 2.66. The van der Waals surface area contributed by atoms with E-state index in [-0.39, 0.29) is 22.4 Å². The van der Waals surface area contributed by atoms with Crippen molar-refractivity contribution >= 4 is 0 Å². The van der Waals surface area contributed by atoms with E-state index >= 15 is 0 Å². The first kappa shape index (κ1) is 15.2. The third kappa shape index (κ3) is 1.69. The smallest absolute Gasteiger partial charge is 0.171 e. The molecule has 2 bridgehead atoms. The minimum atomic E-state index is -0.383. The Balaban J connectivity index is 1.45. The molecule has 3 nitrogen and oxygen atoms in total. The molecule has 1 unspecified atom stereocenters. The van der Waals surface area contributed by atoms with E-state index < -0.39 is 0 Å². The van der Waals surface area contributed by atoms with Crippen LogP contribution in [-0.2, 0) is 14.2 Å². The fourth-order valence-corrected chi connectivity index (χ4v) is 6.91. The summed E-state index contributed by atoms with van der Waals surface area (Å²) in [5, 5.41) is 0. The van der Waals surface area contributed by atoms with Crippen molar-refractivity contribution in [3.05, 3.63) is 34.9 Å².